The normalized spacial score (nSPS) is 19.5. The molecule has 19 heavy (non-hydrogen) atoms. The van der Waals surface area contributed by atoms with E-state index in [0.717, 1.165) is 51.6 Å². The molecular formula is C14H29N3OS. The third kappa shape index (κ3) is 6.04. The summed E-state index contributed by atoms with van der Waals surface area (Å²) in [5.41, 5.74) is 0. The molecule has 0 aliphatic carbocycles. The van der Waals surface area contributed by atoms with Crippen molar-refractivity contribution in [2.75, 3.05) is 39.1 Å². The van der Waals surface area contributed by atoms with Crippen molar-refractivity contribution in [2.45, 2.75) is 38.4 Å². The number of thioether (sulfide) groups is 1. The number of nitrogens with one attached hydrogen (secondary N) is 2. The predicted molar refractivity (Wildman–Crippen MR) is 85.1 cm³/mol. The van der Waals surface area contributed by atoms with Crippen LogP contribution in [0.1, 0.15) is 33.6 Å². The van der Waals surface area contributed by atoms with Gasteiger partial charge in [-0.25, -0.2) is 0 Å². The van der Waals surface area contributed by atoms with E-state index in [4.69, 9.17) is 9.73 Å². The lowest BCUT2D eigenvalue weighted by molar-refractivity contribution is 0.0794. The van der Waals surface area contributed by atoms with E-state index in [9.17, 15) is 0 Å². The van der Waals surface area contributed by atoms with E-state index in [1.807, 2.05) is 11.8 Å². The molecule has 0 radical (unpaired) electrons. The van der Waals surface area contributed by atoms with Crippen molar-refractivity contribution in [2.24, 2.45) is 10.9 Å². The van der Waals surface area contributed by atoms with Gasteiger partial charge in [-0.05, 0) is 31.9 Å². The molecule has 112 valence electrons. The van der Waals surface area contributed by atoms with Gasteiger partial charge in [0.2, 0.25) is 0 Å². The molecule has 0 bridgehead atoms. The average Bonchev–Trinajstić information content (AvgIpc) is 2.43. The fourth-order valence-corrected chi connectivity index (χ4v) is 2.80. The lowest BCUT2D eigenvalue weighted by Gasteiger charge is -2.34. The molecule has 0 atom stereocenters. The van der Waals surface area contributed by atoms with Gasteiger partial charge in [0.1, 0.15) is 0 Å². The van der Waals surface area contributed by atoms with Crippen LogP contribution < -0.4 is 10.6 Å². The highest BCUT2D eigenvalue weighted by Gasteiger charge is 2.31. The van der Waals surface area contributed by atoms with Crippen LogP contribution in [-0.4, -0.2) is 49.8 Å². The van der Waals surface area contributed by atoms with Crippen molar-refractivity contribution in [1.29, 1.82) is 0 Å². The first-order valence-electron chi connectivity index (χ1n) is 7.27. The van der Waals surface area contributed by atoms with Crippen LogP contribution in [0.25, 0.3) is 0 Å². The van der Waals surface area contributed by atoms with Crippen LogP contribution in [0.5, 0.6) is 0 Å². The van der Waals surface area contributed by atoms with Crippen LogP contribution in [-0.2, 0) is 4.74 Å². The van der Waals surface area contributed by atoms with Crippen molar-refractivity contribution in [3.63, 3.8) is 0 Å². The van der Waals surface area contributed by atoms with Crippen LogP contribution in [0.2, 0.25) is 0 Å². The van der Waals surface area contributed by atoms with E-state index < -0.39 is 0 Å². The third-order valence-corrected chi connectivity index (χ3v) is 4.79. The van der Waals surface area contributed by atoms with Crippen molar-refractivity contribution in [3.05, 3.63) is 0 Å². The second kappa shape index (κ2) is 8.69. The van der Waals surface area contributed by atoms with Crippen molar-refractivity contribution in [1.82, 2.24) is 10.6 Å². The Balaban J connectivity index is 2.56. The summed E-state index contributed by atoms with van der Waals surface area (Å²) >= 11 is 1.94. The molecule has 0 aromatic carbocycles. The minimum atomic E-state index is 0.262. The molecule has 0 unspecified atom stereocenters. The van der Waals surface area contributed by atoms with Gasteiger partial charge in [-0.3, -0.25) is 4.99 Å². The van der Waals surface area contributed by atoms with E-state index in [-0.39, 0.29) is 4.75 Å². The number of nitrogens with zero attached hydrogens (tertiary/aromatic N) is 1. The topological polar surface area (TPSA) is 45.7 Å². The summed E-state index contributed by atoms with van der Waals surface area (Å²) in [6.45, 7) is 11.0. The Kier molecular flexibility index (Phi) is 7.61. The molecule has 5 heteroatoms. The zero-order valence-corrected chi connectivity index (χ0v) is 13.6. The Morgan fingerprint density at radius 1 is 1.32 bits per heavy atom. The molecule has 1 heterocycles. The van der Waals surface area contributed by atoms with Gasteiger partial charge in [0.25, 0.3) is 0 Å². The average molecular weight is 287 g/mol. The van der Waals surface area contributed by atoms with E-state index >= 15 is 0 Å². The Morgan fingerprint density at radius 2 is 2.00 bits per heavy atom. The number of hydrogen-bond donors (Lipinski definition) is 2. The largest absolute Gasteiger partial charge is 0.381 e. The molecule has 0 aromatic rings. The molecule has 0 aromatic heterocycles. The van der Waals surface area contributed by atoms with Gasteiger partial charge in [-0.1, -0.05) is 13.8 Å². The predicted octanol–water partition coefficient (Wildman–Crippen LogP) is 2.11. The van der Waals surface area contributed by atoms with Gasteiger partial charge in [-0.2, -0.15) is 11.8 Å². The molecule has 0 spiro atoms. The second-order valence-corrected chi connectivity index (χ2v) is 6.74. The molecule has 0 saturated carbocycles. The first kappa shape index (κ1) is 16.6. The first-order valence-corrected chi connectivity index (χ1v) is 8.49. The van der Waals surface area contributed by atoms with E-state index in [1.54, 1.807) is 0 Å². The molecule has 0 amide bonds. The third-order valence-electron chi connectivity index (χ3n) is 3.38. The number of aliphatic imine (C=N–C) groups is 1. The number of ether oxygens (including phenoxy) is 1. The zero-order valence-electron chi connectivity index (χ0n) is 12.8. The maximum absolute atomic E-state index is 5.47. The lowest BCUT2D eigenvalue weighted by atomic mass is 9.99. The molecule has 1 aliphatic rings. The van der Waals surface area contributed by atoms with Crippen LogP contribution in [0.15, 0.2) is 4.99 Å². The van der Waals surface area contributed by atoms with Crippen LogP contribution in [0.4, 0.5) is 0 Å². The molecule has 2 N–H and O–H groups in total. The lowest BCUT2D eigenvalue weighted by Crippen LogP contribution is -2.42. The quantitative estimate of drug-likeness (QED) is 0.580. The minimum absolute atomic E-state index is 0.262. The number of guanidine groups is 1. The highest BCUT2D eigenvalue weighted by atomic mass is 32.2. The number of hydrogen-bond acceptors (Lipinski definition) is 3. The van der Waals surface area contributed by atoms with Crippen molar-refractivity contribution < 1.29 is 4.74 Å². The second-order valence-electron chi connectivity index (χ2n) is 5.47. The molecule has 1 aliphatic heterocycles. The molecule has 4 nitrogen and oxygen atoms in total. The Hall–Kier alpha value is -0.420. The monoisotopic (exact) mass is 287 g/mol. The summed E-state index contributed by atoms with van der Waals surface area (Å²) in [5.74, 6) is 1.57. The molecule has 1 rings (SSSR count). The van der Waals surface area contributed by atoms with E-state index in [0.29, 0.717) is 5.92 Å². The highest BCUT2D eigenvalue weighted by Crippen LogP contribution is 2.33. The van der Waals surface area contributed by atoms with Crippen LogP contribution in [0.3, 0.4) is 0 Å². The van der Waals surface area contributed by atoms with Gasteiger partial charge in [0.15, 0.2) is 5.96 Å². The maximum Gasteiger partial charge on any atom is 0.191 e. The summed E-state index contributed by atoms with van der Waals surface area (Å²) in [4.78, 5) is 4.77. The smallest absolute Gasteiger partial charge is 0.191 e. The maximum atomic E-state index is 5.47. The fourth-order valence-electron chi connectivity index (χ4n) is 2.04. The first-order chi connectivity index (χ1) is 9.12. The number of rotatable bonds is 6. The Labute approximate surface area is 122 Å². The Bertz CT molecular complexity index is 276. The molecule has 1 saturated heterocycles. The molecule has 1 fully saturated rings. The standard InChI is InChI=1S/C14H29N3OS/c1-5-15-13(16-10-12(2)3)17-11-14(19-4)6-8-18-9-7-14/h12H,5-11H2,1-4H3,(H2,15,16,17). The van der Waals surface area contributed by atoms with E-state index in [1.165, 1.54) is 0 Å². The minimum Gasteiger partial charge on any atom is -0.381 e. The van der Waals surface area contributed by atoms with Crippen molar-refractivity contribution >= 4 is 17.7 Å². The molecular weight excluding hydrogens is 258 g/mol. The van der Waals surface area contributed by atoms with Gasteiger partial charge in [0, 0.05) is 31.1 Å². The highest BCUT2D eigenvalue weighted by molar-refractivity contribution is 8.00. The summed E-state index contributed by atoms with van der Waals surface area (Å²) in [7, 11) is 0. The Morgan fingerprint density at radius 3 is 2.53 bits per heavy atom. The van der Waals surface area contributed by atoms with Crippen molar-refractivity contribution in [3.8, 4) is 0 Å². The van der Waals surface area contributed by atoms with E-state index in [2.05, 4.69) is 37.7 Å². The fraction of sp³-hybridized carbons (Fsp3) is 0.929. The summed E-state index contributed by atoms with van der Waals surface area (Å²) < 4.78 is 5.73. The summed E-state index contributed by atoms with van der Waals surface area (Å²) in [6, 6.07) is 0. The van der Waals surface area contributed by atoms with Gasteiger partial charge in [-0.15, -0.1) is 0 Å². The van der Waals surface area contributed by atoms with Gasteiger partial charge < -0.3 is 15.4 Å². The summed E-state index contributed by atoms with van der Waals surface area (Å²) in [6.07, 6.45) is 4.39. The van der Waals surface area contributed by atoms with Crippen LogP contribution >= 0.6 is 11.8 Å². The van der Waals surface area contributed by atoms with Gasteiger partial charge >= 0.3 is 0 Å². The SMILES string of the molecule is CCNC(=NCC1(SC)CCOCC1)NCC(C)C. The van der Waals surface area contributed by atoms with Crippen LogP contribution in [0, 0.1) is 5.92 Å². The summed E-state index contributed by atoms with van der Waals surface area (Å²) in [5, 5.41) is 6.72. The van der Waals surface area contributed by atoms with Gasteiger partial charge in [0.05, 0.1) is 6.54 Å². The zero-order chi connectivity index (χ0) is 14.1.